The fraction of sp³-hybridized carbons (Fsp3) is 0.105. The zero-order valence-corrected chi connectivity index (χ0v) is 13.6. The molecule has 1 heterocycles. The molecule has 1 aliphatic rings. The SMILES string of the molecule is CC(=O)C1=C([O-])C(=O)N(c2ccc(C(=O)O)cc2)[C@H]1c1ccc(F)cc1. The minimum atomic E-state index is -1.13. The lowest BCUT2D eigenvalue weighted by Gasteiger charge is -2.27. The number of anilines is 1. The van der Waals surface area contributed by atoms with Gasteiger partial charge in [-0.1, -0.05) is 12.1 Å². The molecule has 1 amide bonds. The molecule has 0 aliphatic carbocycles. The van der Waals surface area contributed by atoms with Crippen LogP contribution in [0.4, 0.5) is 10.1 Å². The third-order valence-corrected chi connectivity index (χ3v) is 4.15. The van der Waals surface area contributed by atoms with Crippen LogP contribution < -0.4 is 10.0 Å². The van der Waals surface area contributed by atoms with Gasteiger partial charge in [0.2, 0.25) is 5.91 Å². The predicted octanol–water partition coefficient (Wildman–Crippen LogP) is 1.82. The van der Waals surface area contributed by atoms with Crippen LogP contribution >= 0.6 is 0 Å². The van der Waals surface area contributed by atoms with Gasteiger partial charge in [-0.3, -0.25) is 14.5 Å². The number of halogens is 1. The van der Waals surface area contributed by atoms with Crippen molar-refractivity contribution in [3.05, 3.63) is 76.8 Å². The number of benzene rings is 2. The predicted molar refractivity (Wildman–Crippen MR) is 87.7 cm³/mol. The van der Waals surface area contributed by atoms with Gasteiger partial charge in [0.25, 0.3) is 0 Å². The molecule has 0 unspecified atom stereocenters. The zero-order chi connectivity index (χ0) is 19.0. The molecular weight excluding hydrogens is 341 g/mol. The van der Waals surface area contributed by atoms with E-state index < -0.39 is 35.3 Å². The van der Waals surface area contributed by atoms with Gasteiger partial charge in [0.1, 0.15) is 5.82 Å². The molecule has 0 bridgehead atoms. The first-order valence-electron chi connectivity index (χ1n) is 7.65. The smallest absolute Gasteiger partial charge is 0.335 e. The van der Waals surface area contributed by atoms with E-state index >= 15 is 0 Å². The van der Waals surface area contributed by atoms with Crippen molar-refractivity contribution >= 4 is 23.3 Å². The maximum Gasteiger partial charge on any atom is 0.335 e. The molecule has 0 radical (unpaired) electrons. The van der Waals surface area contributed by atoms with Crippen LogP contribution in [0.25, 0.3) is 0 Å². The van der Waals surface area contributed by atoms with Crippen molar-refractivity contribution in [3.63, 3.8) is 0 Å². The minimum absolute atomic E-state index is 0.0147. The fourth-order valence-electron chi connectivity index (χ4n) is 2.94. The van der Waals surface area contributed by atoms with E-state index in [9.17, 15) is 23.9 Å². The van der Waals surface area contributed by atoms with E-state index in [1.54, 1.807) is 0 Å². The van der Waals surface area contributed by atoms with Crippen LogP contribution in [0, 0.1) is 5.82 Å². The molecule has 0 saturated heterocycles. The number of carbonyl (C=O) groups excluding carboxylic acids is 2. The topological polar surface area (TPSA) is 97.7 Å². The standard InChI is InChI=1S/C19H14FNO5/c1-10(22)15-16(11-2-6-13(20)7-3-11)21(18(24)17(15)23)14-8-4-12(5-9-14)19(25)26/h2-9,16,23H,1H3,(H,25,26)/p-1/t16-/m0/s1. The summed E-state index contributed by atoms with van der Waals surface area (Å²) in [6, 6.07) is 9.50. The van der Waals surface area contributed by atoms with E-state index in [1.807, 2.05) is 0 Å². The highest BCUT2D eigenvalue weighted by Crippen LogP contribution is 2.40. The number of ketones is 1. The normalized spacial score (nSPS) is 16.9. The molecule has 3 rings (SSSR count). The van der Waals surface area contributed by atoms with Crippen LogP contribution in [-0.2, 0) is 9.59 Å². The lowest BCUT2D eigenvalue weighted by molar-refractivity contribution is -0.298. The summed E-state index contributed by atoms with van der Waals surface area (Å²) < 4.78 is 13.2. The molecule has 6 nitrogen and oxygen atoms in total. The molecule has 2 aromatic carbocycles. The van der Waals surface area contributed by atoms with Crippen molar-refractivity contribution in [2.24, 2.45) is 0 Å². The summed E-state index contributed by atoms with van der Waals surface area (Å²) in [6.07, 6.45) is 0. The highest BCUT2D eigenvalue weighted by atomic mass is 19.1. The fourth-order valence-corrected chi connectivity index (χ4v) is 2.94. The molecule has 0 spiro atoms. The summed E-state index contributed by atoms with van der Waals surface area (Å²) in [5, 5.41) is 21.3. The molecule has 0 aromatic heterocycles. The first kappa shape index (κ1) is 17.3. The van der Waals surface area contributed by atoms with Crippen molar-refractivity contribution in [3.8, 4) is 0 Å². The Bertz CT molecular complexity index is 931. The van der Waals surface area contributed by atoms with Gasteiger partial charge >= 0.3 is 5.97 Å². The Hall–Kier alpha value is -3.48. The molecule has 2 aromatic rings. The van der Waals surface area contributed by atoms with Gasteiger partial charge < -0.3 is 10.2 Å². The van der Waals surface area contributed by atoms with E-state index in [0.29, 0.717) is 5.56 Å². The van der Waals surface area contributed by atoms with Crippen molar-refractivity contribution in [1.29, 1.82) is 0 Å². The number of nitrogens with zero attached hydrogens (tertiary/aromatic N) is 1. The number of hydrogen-bond acceptors (Lipinski definition) is 4. The zero-order valence-electron chi connectivity index (χ0n) is 13.6. The summed E-state index contributed by atoms with van der Waals surface area (Å²) in [4.78, 5) is 36.6. The second-order valence-corrected chi connectivity index (χ2v) is 5.78. The van der Waals surface area contributed by atoms with Gasteiger partial charge in [0.05, 0.1) is 11.6 Å². The summed E-state index contributed by atoms with van der Waals surface area (Å²) >= 11 is 0. The number of hydrogen-bond donors (Lipinski definition) is 1. The number of aromatic carboxylic acids is 1. The van der Waals surface area contributed by atoms with E-state index in [-0.39, 0.29) is 16.8 Å². The van der Waals surface area contributed by atoms with Crippen LogP contribution in [0.1, 0.15) is 28.9 Å². The van der Waals surface area contributed by atoms with Gasteiger partial charge in [-0.05, 0) is 54.6 Å². The third kappa shape index (κ3) is 2.83. The molecular formula is C19H13FNO5-. The monoisotopic (exact) mass is 354 g/mol. The second kappa shape index (κ2) is 6.44. The second-order valence-electron chi connectivity index (χ2n) is 5.78. The molecule has 132 valence electrons. The Morgan fingerprint density at radius 2 is 1.65 bits per heavy atom. The largest absolute Gasteiger partial charge is 0.868 e. The average molecular weight is 354 g/mol. The van der Waals surface area contributed by atoms with E-state index in [0.717, 1.165) is 4.90 Å². The number of carbonyl (C=O) groups is 3. The Morgan fingerprint density at radius 3 is 2.15 bits per heavy atom. The number of carboxylic acids is 1. The van der Waals surface area contributed by atoms with E-state index in [4.69, 9.17) is 5.11 Å². The molecule has 7 heteroatoms. The van der Waals surface area contributed by atoms with Crippen LogP contribution in [0.5, 0.6) is 0 Å². The molecule has 1 atom stereocenters. The van der Waals surface area contributed by atoms with E-state index in [1.165, 1.54) is 55.5 Å². The minimum Gasteiger partial charge on any atom is -0.868 e. The Labute approximate surface area is 147 Å². The van der Waals surface area contributed by atoms with Gasteiger partial charge in [-0.15, -0.1) is 0 Å². The maximum absolute atomic E-state index is 13.2. The Kier molecular flexibility index (Phi) is 4.29. The van der Waals surface area contributed by atoms with Crippen LogP contribution in [0.3, 0.4) is 0 Å². The Balaban J connectivity index is 2.13. The first-order chi connectivity index (χ1) is 12.3. The van der Waals surface area contributed by atoms with Crippen molar-refractivity contribution in [2.75, 3.05) is 4.90 Å². The summed E-state index contributed by atoms with van der Waals surface area (Å²) in [5.41, 5.74) is 0.474. The average Bonchev–Trinajstić information content (AvgIpc) is 2.87. The van der Waals surface area contributed by atoms with Crippen LogP contribution in [-0.4, -0.2) is 22.8 Å². The molecule has 26 heavy (non-hydrogen) atoms. The van der Waals surface area contributed by atoms with Crippen molar-refractivity contribution in [1.82, 2.24) is 0 Å². The lowest BCUT2D eigenvalue weighted by atomic mass is 9.96. The molecule has 1 N–H and O–H groups in total. The van der Waals surface area contributed by atoms with Gasteiger partial charge in [0.15, 0.2) is 5.78 Å². The number of Topliss-reactive ketones (excluding diaryl/α,β-unsaturated/α-hetero) is 1. The van der Waals surface area contributed by atoms with Gasteiger partial charge in [0, 0.05) is 11.3 Å². The molecule has 0 fully saturated rings. The van der Waals surface area contributed by atoms with Crippen LogP contribution in [0.2, 0.25) is 0 Å². The van der Waals surface area contributed by atoms with Crippen LogP contribution in [0.15, 0.2) is 59.9 Å². The summed E-state index contributed by atoms with van der Waals surface area (Å²) in [5.74, 6) is -4.00. The lowest BCUT2D eigenvalue weighted by Crippen LogP contribution is -2.32. The summed E-state index contributed by atoms with van der Waals surface area (Å²) in [7, 11) is 0. The van der Waals surface area contributed by atoms with Gasteiger partial charge in [-0.2, -0.15) is 0 Å². The Morgan fingerprint density at radius 1 is 1.08 bits per heavy atom. The third-order valence-electron chi connectivity index (χ3n) is 4.15. The highest BCUT2D eigenvalue weighted by molar-refractivity contribution is 6.15. The quantitative estimate of drug-likeness (QED) is 0.903. The van der Waals surface area contributed by atoms with Crippen molar-refractivity contribution < 1.29 is 29.0 Å². The first-order valence-corrected chi connectivity index (χ1v) is 7.65. The van der Waals surface area contributed by atoms with Crippen molar-refractivity contribution in [2.45, 2.75) is 13.0 Å². The maximum atomic E-state index is 13.2. The highest BCUT2D eigenvalue weighted by Gasteiger charge is 2.38. The number of carboxylic acid groups (broad SMARTS) is 1. The summed E-state index contributed by atoms with van der Waals surface area (Å²) in [6.45, 7) is 1.19. The molecule has 0 saturated carbocycles. The number of amides is 1. The van der Waals surface area contributed by atoms with Gasteiger partial charge in [-0.25, -0.2) is 9.18 Å². The molecule has 1 aliphatic heterocycles. The van der Waals surface area contributed by atoms with E-state index in [2.05, 4.69) is 0 Å². The number of rotatable bonds is 4.